The van der Waals surface area contributed by atoms with Crippen LogP contribution < -0.4 is 5.32 Å². The lowest BCUT2D eigenvalue weighted by atomic mass is 9.77. The largest absolute Gasteiger partial charge is 0.394 e. The van der Waals surface area contributed by atoms with Crippen LogP contribution in [0.25, 0.3) is 0 Å². The molecule has 0 spiro atoms. The molecule has 16 heavy (non-hydrogen) atoms. The van der Waals surface area contributed by atoms with Gasteiger partial charge in [-0.3, -0.25) is 9.59 Å². The van der Waals surface area contributed by atoms with E-state index in [-0.39, 0.29) is 24.7 Å². The minimum absolute atomic E-state index is 0.0383. The average Bonchev–Trinajstić information content (AvgIpc) is 2.21. The Morgan fingerprint density at radius 1 is 1.38 bits per heavy atom. The van der Waals surface area contributed by atoms with E-state index in [1.807, 2.05) is 0 Å². The molecule has 1 amide bonds. The predicted molar refractivity (Wildman–Crippen MR) is 60.9 cm³/mol. The molecule has 0 aliphatic heterocycles. The third-order valence-electron chi connectivity index (χ3n) is 3.35. The summed E-state index contributed by atoms with van der Waals surface area (Å²) in [6.07, 6.45) is 3.54. The van der Waals surface area contributed by atoms with Crippen LogP contribution in [0.3, 0.4) is 0 Å². The quantitative estimate of drug-likeness (QED) is 0.705. The number of hydrogen-bond acceptors (Lipinski definition) is 3. The highest BCUT2D eigenvalue weighted by Gasteiger charge is 2.34. The first-order valence-corrected chi connectivity index (χ1v) is 5.89. The van der Waals surface area contributed by atoms with Gasteiger partial charge in [0.05, 0.1) is 18.6 Å². The van der Waals surface area contributed by atoms with E-state index in [2.05, 4.69) is 12.2 Å². The molecule has 1 aliphatic carbocycles. The Morgan fingerprint density at radius 2 is 1.94 bits per heavy atom. The minimum atomic E-state index is -0.487. The molecule has 0 heterocycles. The second kappa shape index (κ2) is 5.43. The summed E-state index contributed by atoms with van der Waals surface area (Å²) >= 11 is 0. The van der Waals surface area contributed by atoms with Gasteiger partial charge in [-0.25, -0.2) is 0 Å². The zero-order valence-electron chi connectivity index (χ0n) is 10.1. The van der Waals surface area contributed by atoms with Gasteiger partial charge in [-0.15, -0.1) is 0 Å². The third kappa shape index (κ3) is 3.59. The van der Waals surface area contributed by atoms with Crippen molar-refractivity contribution in [2.45, 2.75) is 51.5 Å². The third-order valence-corrected chi connectivity index (χ3v) is 3.35. The summed E-state index contributed by atoms with van der Waals surface area (Å²) in [7, 11) is 0. The number of amides is 1. The van der Waals surface area contributed by atoms with Crippen molar-refractivity contribution in [3.63, 3.8) is 0 Å². The molecular weight excluding hydrogens is 206 g/mol. The van der Waals surface area contributed by atoms with Crippen LogP contribution in [0, 0.1) is 5.92 Å². The summed E-state index contributed by atoms with van der Waals surface area (Å²) in [6, 6.07) is 0. The second-order valence-electron chi connectivity index (χ2n) is 5.05. The van der Waals surface area contributed by atoms with Gasteiger partial charge in [0, 0.05) is 0 Å². The van der Waals surface area contributed by atoms with Gasteiger partial charge >= 0.3 is 0 Å². The molecule has 1 rings (SSSR count). The minimum Gasteiger partial charge on any atom is -0.394 e. The van der Waals surface area contributed by atoms with Crippen LogP contribution in [0.15, 0.2) is 0 Å². The molecule has 4 nitrogen and oxygen atoms in total. The molecule has 1 aliphatic rings. The molecule has 4 heteroatoms. The summed E-state index contributed by atoms with van der Waals surface area (Å²) in [4.78, 5) is 22.3. The molecule has 0 radical (unpaired) electrons. The monoisotopic (exact) mass is 227 g/mol. The SMILES string of the molecule is CC(=O)CC(=O)NC1(CO)CCC(C)CC1. The highest BCUT2D eigenvalue weighted by atomic mass is 16.3. The number of nitrogens with one attached hydrogen (secondary N) is 1. The van der Waals surface area contributed by atoms with Gasteiger partial charge in [-0.1, -0.05) is 6.92 Å². The molecule has 0 atom stereocenters. The number of hydrogen-bond donors (Lipinski definition) is 2. The fourth-order valence-electron chi connectivity index (χ4n) is 2.20. The first kappa shape index (κ1) is 13.2. The van der Waals surface area contributed by atoms with E-state index in [1.165, 1.54) is 6.92 Å². The normalized spacial score (nSPS) is 29.8. The summed E-state index contributed by atoms with van der Waals surface area (Å²) < 4.78 is 0. The maximum absolute atomic E-state index is 11.5. The van der Waals surface area contributed by atoms with Crippen LogP contribution in [-0.4, -0.2) is 28.9 Å². The summed E-state index contributed by atoms with van der Waals surface area (Å²) in [6.45, 7) is 3.54. The van der Waals surface area contributed by atoms with Gasteiger partial charge in [0.2, 0.25) is 5.91 Å². The van der Waals surface area contributed by atoms with Crippen molar-refractivity contribution in [2.24, 2.45) is 5.92 Å². The molecule has 92 valence electrons. The standard InChI is InChI=1S/C12H21NO3/c1-9-3-5-12(8-14,6-4-9)13-11(16)7-10(2)15/h9,14H,3-8H2,1-2H3,(H,13,16). The van der Waals surface area contributed by atoms with E-state index >= 15 is 0 Å². The van der Waals surface area contributed by atoms with Crippen LogP contribution in [0.4, 0.5) is 0 Å². The Morgan fingerprint density at radius 3 is 2.38 bits per heavy atom. The van der Waals surface area contributed by atoms with Crippen LogP contribution in [0.1, 0.15) is 46.0 Å². The van der Waals surface area contributed by atoms with Crippen LogP contribution in [-0.2, 0) is 9.59 Å². The van der Waals surface area contributed by atoms with Crippen molar-refractivity contribution in [1.82, 2.24) is 5.32 Å². The zero-order valence-corrected chi connectivity index (χ0v) is 10.1. The molecular formula is C12H21NO3. The highest BCUT2D eigenvalue weighted by molar-refractivity contribution is 5.97. The van der Waals surface area contributed by atoms with Gasteiger partial charge in [0.15, 0.2) is 0 Å². The van der Waals surface area contributed by atoms with E-state index in [0.29, 0.717) is 5.92 Å². The molecule has 2 N–H and O–H groups in total. The molecule has 0 saturated heterocycles. The fourth-order valence-corrected chi connectivity index (χ4v) is 2.20. The van der Waals surface area contributed by atoms with Crippen LogP contribution in [0.2, 0.25) is 0 Å². The van der Waals surface area contributed by atoms with Crippen LogP contribution >= 0.6 is 0 Å². The number of Topliss-reactive ketones (excluding diaryl/α,β-unsaturated/α-hetero) is 1. The highest BCUT2D eigenvalue weighted by Crippen LogP contribution is 2.31. The topological polar surface area (TPSA) is 66.4 Å². The summed E-state index contributed by atoms with van der Waals surface area (Å²) in [5, 5.41) is 12.2. The number of rotatable bonds is 4. The Labute approximate surface area is 96.4 Å². The molecule has 0 aromatic rings. The van der Waals surface area contributed by atoms with Crippen LogP contribution in [0.5, 0.6) is 0 Å². The zero-order chi connectivity index (χ0) is 12.2. The predicted octanol–water partition coefficient (Wildman–Crippen LogP) is 1.02. The van der Waals surface area contributed by atoms with Crippen molar-refractivity contribution in [3.8, 4) is 0 Å². The molecule has 1 fully saturated rings. The second-order valence-corrected chi connectivity index (χ2v) is 5.05. The van der Waals surface area contributed by atoms with Gasteiger partial charge in [0.25, 0.3) is 0 Å². The lowest BCUT2D eigenvalue weighted by molar-refractivity contribution is -0.129. The molecule has 0 unspecified atom stereocenters. The number of aliphatic hydroxyl groups excluding tert-OH is 1. The van der Waals surface area contributed by atoms with Crippen molar-refractivity contribution in [3.05, 3.63) is 0 Å². The first-order chi connectivity index (χ1) is 7.47. The smallest absolute Gasteiger partial charge is 0.227 e. The van der Waals surface area contributed by atoms with E-state index in [0.717, 1.165) is 25.7 Å². The van der Waals surface area contributed by atoms with E-state index in [4.69, 9.17) is 0 Å². The van der Waals surface area contributed by atoms with E-state index in [9.17, 15) is 14.7 Å². The average molecular weight is 227 g/mol. The Kier molecular flexibility index (Phi) is 4.47. The Balaban J connectivity index is 2.53. The van der Waals surface area contributed by atoms with Crippen molar-refractivity contribution in [2.75, 3.05) is 6.61 Å². The Bertz CT molecular complexity index is 267. The van der Waals surface area contributed by atoms with E-state index in [1.54, 1.807) is 0 Å². The Hall–Kier alpha value is -0.900. The number of aliphatic hydroxyl groups is 1. The maximum atomic E-state index is 11.5. The molecule has 0 bridgehead atoms. The summed E-state index contributed by atoms with van der Waals surface area (Å²) in [5.74, 6) is 0.246. The first-order valence-electron chi connectivity index (χ1n) is 5.89. The number of carbonyl (C=O) groups excluding carboxylic acids is 2. The molecule has 1 saturated carbocycles. The number of carbonyl (C=O) groups is 2. The maximum Gasteiger partial charge on any atom is 0.227 e. The molecule has 0 aromatic heterocycles. The van der Waals surface area contributed by atoms with Crippen molar-refractivity contribution < 1.29 is 14.7 Å². The van der Waals surface area contributed by atoms with Crippen molar-refractivity contribution >= 4 is 11.7 Å². The lowest BCUT2D eigenvalue weighted by Crippen LogP contribution is -2.53. The lowest BCUT2D eigenvalue weighted by Gasteiger charge is -2.38. The van der Waals surface area contributed by atoms with E-state index < -0.39 is 5.54 Å². The van der Waals surface area contributed by atoms with Crippen molar-refractivity contribution in [1.29, 1.82) is 0 Å². The van der Waals surface area contributed by atoms with Gasteiger partial charge < -0.3 is 10.4 Å². The summed E-state index contributed by atoms with van der Waals surface area (Å²) in [5.41, 5.74) is -0.487. The fraction of sp³-hybridized carbons (Fsp3) is 0.833. The van der Waals surface area contributed by atoms with Gasteiger partial charge in [0.1, 0.15) is 5.78 Å². The van der Waals surface area contributed by atoms with Gasteiger partial charge in [-0.05, 0) is 38.5 Å². The number of ketones is 1. The molecule has 0 aromatic carbocycles. The van der Waals surface area contributed by atoms with Gasteiger partial charge in [-0.2, -0.15) is 0 Å².